The molecule has 0 N–H and O–H groups in total. The summed E-state index contributed by atoms with van der Waals surface area (Å²) in [5.74, 6) is -0.669. The molecule has 0 amide bonds. The molecule has 3 heteroatoms. The van der Waals surface area contributed by atoms with Crippen LogP contribution in [0.1, 0.15) is 26.3 Å². The number of carbonyl (C=O) groups excluding carboxylic acids is 1. The maximum atomic E-state index is 13.0. The van der Waals surface area contributed by atoms with Crippen LogP contribution >= 0.6 is 0 Å². The van der Waals surface area contributed by atoms with Crippen molar-refractivity contribution in [3.05, 3.63) is 41.2 Å². The van der Waals surface area contributed by atoms with Crippen molar-refractivity contribution < 1.29 is 13.9 Å². The predicted molar refractivity (Wildman–Crippen MR) is 61.3 cm³/mol. The van der Waals surface area contributed by atoms with E-state index < -0.39 is 0 Å². The quantitative estimate of drug-likeness (QED) is 0.580. The van der Waals surface area contributed by atoms with Crippen molar-refractivity contribution >= 4 is 11.5 Å². The summed E-state index contributed by atoms with van der Waals surface area (Å²) in [4.78, 5) is 11.5. The predicted octanol–water partition coefficient (Wildman–Crippen LogP) is 3.18. The molecule has 0 fully saturated rings. The lowest BCUT2D eigenvalue weighted by Crippen LogP contribution is -2.06. The van der Waals surface area contributed by atoms with E-state index >= 15 is 0 Å². The first-order valence-corrected chi connectivity index (χ1v) is 5.16. The Morgan fingerprint density at radius 2 is 2.06 bits per heavy atom. The number of ether oxygens (including phenoxy) is 1. The van der Waals surface area contributed by atoms with E-state index in [0.29, 0.717) is 17.7 Å². The summed E-state index contributed by atoms with van der Waals surface area (Å²) in [5.41, 5.74) is 1.94. The third-order valence-electron chi connectivity index (χ3n) is 2.40. The van der Waals surface area contributed by atoms with Crippen molar-refractivity contribution in [3.63, 3.8) is 0 Å². The molecule has 1 aromatic rings. The van der Waals surface area contributed by atoms with Gasteiger partial charge in [-0.15, -0.1) is 0 Å². The van der Waals surface area contributed by atoms with Gasteiger partial charge in [0.15, 0.2) is 0 Å². The lowest BCUT2D eigenvalue weighted by molar-refractivity contribution is -0.138. The van der Waals surface area contributed by atoms with Crippen LogP contribution in [0.2, 0.25) is 0 Å². The average molecular weight is 222 g/mol. The minimum Gasteiger partial charge on any atom is -0.463 e. The fraction of sp³-hybridized carbons (Fsp3) is 0.308. The molecule has 0 heterocycles. The maximum absolute atomic E-state index is 13.0. The summed E-state index contributed by atoms with van der Waals surface area (Å²) in [5, 5.41) is 0. The Hall–Kier alpha value is -1.64. The summed E-state index contributed by atoms with van der Waals surface area (Å²) >= 11 is 0. The zero-order chi connectivity index (χ0) is 12.1. The van der Waals surface area contributed by atoms with Crippen molar-refractivity contribution in [2.45, 2.75) is 20.8 Å². The highest BCUT2D eigenvalue weighted by atomic mass is 19.1. The molecule has 0 aliphatic carbocycles. The Labute approximate surface area is 94.7 Å². The van der Waals surface area contributed by atoms with Crippen LogP contribution in [0.4, 0.5) is 4.39 Å². The van der Waals surface area contributed by atoms with E-state index in [0.717, 1.165) is 5.57 Å². The standard InChI is InChI=1S/C13H15FO2/c1-4-16-13(15)10(3)9(2)11-6-5-7-12(14)8-11/h5-8H,4H2,1-3H3/b10-9-. The Kier molecular flexibility index (Phi) is 4.23. The van der Waals surface area contributed by atoms with Crippen LogP contribution < -0.4 is 0 Å². The van der Waals surface area contributed by atoms with Crippen molar-refractivity contribution in [1.82, 2.24) is 0 Å². The normalized spacial score (nSPS) is 12.0. The zero-order valence-corrected chi connectivity index (χ0v) is 9.71. The van der Waals surface area contributed by atoms with Gasteiger partial charge in [-0.1, -0.05) is 12.1 Å². The van der Waals surface area contributed by atoms with Crippen LogP contribution in [0.15, 0.2) is 29.8 Å². The van der Waals surface area contributed by atoms with Gasteiger partial charge in [0.2, 0.25) is 0 Å². The Morgan fingerprint density at radius 3 is 2.62 bits per heavy atom. The van der Waals surface area contributed by atoms with E-state index in [1.807, 2.05) is 0 Å². The fourth-order valence-electron chi connectivity index (χ4n) is 1.33. The van der Waals surface area contributed by atoms with Crippen LogP contribution in [0.3, 0.4) is 0 Å². The first-order valence-electron chi connectivity index (χ1n) is 5.16. The first-order chi connectivity index (χ1) is 7.56. The van der Waals surface area contributed by atoms with Gasteiger partial charge in [0, 0.05) is 5.57 Å². The molecular weight excluding hydrogens is 207 g/mol. The zero-order valence-electron chi connectivity index (χ0n) is 9.71. The lowest BCUT2D eigenvalue weighted by Gasteiger charge is -2.07. The molecule has 2 nitrogen and oxygen atoms in total. The molecule has 0 spiro atoms. The van der Waals surface area contributed by atoms with Gasteiger partial charge in [-0.2, -0.15) is 0 Å². The highest BCUT2D eigenvalue weighted by Gasteiger charge is 2.10. The monoisotopic (exact) mass is 222 g/mol. The molecule has 86 valence electrons. The molecule has 16 heavy (non-hydrogen) atoms. The SMILES string of the molecule is CCOC(=O)/C(C)=C(/C)c1cccc(F)c1. The van der Waals surface area contributed by atoms with E-state index in [-0.39, 0.29) is 11.8 Å². The second-order valence-electron chi connectivity index (χ2n) is 3.48. The highest BCUT2D eigenvalue weighted by molar-refractivity contribution is 5.96. The van der Waals surface area contributed by atoms with Gasteiger partial charge in [0.25, 0.3) is 0 Å². The molecule has 0 saturated heterocycles. The molecular formula is C13H15FO2. The van der Waals surface area contributed by atoms with Crippen molar-refractivity contribution in [3.8, 4) is 0 Å². The molecule has 0 aromatic heterocycles. The molecule has 1 rings (SSSR count). The maximum Gasteiger partial charge on any atom is 0.333 e. The molecule has 1 aromatic carbocycles. The number of hydrogen-bond donors (Lipinski definition) is 0. The van der Waals surface area contributed by atoms with Crippen LogP contribution in [0, 0.1) is 5.82 Å². The molecule has 0 saturated carbocycles. The topological polar surface area (TPSA) is 26.3 Å². The number of rotatable bonds is 3. The van der Waals surface area contributed by atoms with Gasteiger partial charge in [-0.25, -0.2) is 9.18 Å². The third-order valence-corrected chi connectivity index (χ3v) is 2.40. The molecule has 0 aliphatic heterocycles. The average Bonchev–Trinajstić information content (AvgIpc) is 2.27. The Bertz CT molecular complexity index is 422. The van der Waals surface area contributed by atoms with E-state index in [9.17, 15) is 9.18 Å². The summed E-state index contributed by atoms with van der Waals surface area (Å²) < 4.78 is 17.9. The lowest BCUT2D eigenvalue weighted by atomic mass is 10.0. The largest absolute Gasteiger partial charge is 0.463 e. The smallest absolute Gasteiger partial charge is 0.333 e. The number of carbonyl (C=O) groups is 1. The minimum atomic E-state index is -0.357. The van der Waals surface area contributed by atoms with Gasteiger partial charge in [-0.3, -0.25) is 0 Å². The van der Waals surface area contributed by atoms with Crippen LogP contribution in [0.5, 0.6) is 0 Å². The molecule has 0 radical (unpaired) electrons. The summed E-state index contributed by atoms with van der Waals surface area (Å²) in [7, 11) is 0. The van der Waals surface area contributed by atoms with Gasteiger partial charge in [0.05, 0.1) is 6.61 Å². The third kappa shape index (κ3) is 2.92. The van der Waals surface area contributed by atoms with E-state index in [1.165, 1.54) is 12.1 Å². The van der Waals surface area contributed by atoms with Gasteiger partial charge < -0.3 is 4.74 Å². The van der Waals surface area contributed by atoms with E-state index in [4.69, 9.17) is 4.74 Å². The second kappa shape index (κ2) is 5.45. The van der Waals surface area contributed by atoms with Gasteiger partial charge >= 0.3 is 5.97 Å². The second-order valence-corrected chi connectivity index (χ2v) is 3.48. The molecule has 0 unspecified atom stereocenters. The number of benzene rings is 1. The van der Waals surface area contributed by atoms with Gasteiger partial charge in [-0.05, 0) is 44.0 Å². The molecule has 0 bridgehead atoms. The van der Waals surface area contributed by atoms with Crippen LogP contribution in [-0.4, -0.2) is 12.6 Å². The minimum absolute atomic E-state index is 0.312. The number of allylic oxidation sites excluding steroid dienone is 1. The number of hydrogen-bond acceptors (Lipinski definition) is 2. The van der Waals surface area contributed by atoms with Crippen molar-refractivity contribution in [1.29, 1.82) is 0 Å². The molecule has 0 atom stereocenters. The Balaban J connectivity index is 3.03. The molecule has 0 aliphatic rings. The fourth-order valence-corrected chi connectivity index (χ4v) is 1.33. The first kappa shape index (κ1) is 12.4. The van der Waals surface area contributed by atoms with E-state index in [2.05, 4.69) is 0 Å². The number of esters is 1. The van der Waals surface area contributed by atoms with Crippen molar-refractivity contribution in [2.75, 3.05) is 6.61 Å². The summed E-state index contributed by atoms with van der Waals surface area (Å²) in [6, 6.07) is 6.16. The number of halogens is 1. The summed E-state index contributed by atoms with van der Waals surface area (Å²) in [6.07, 6.45) is 0. The Morgan fingerprint density at radius 1 is 1.38 bits per heavy atom. The highest BCUT2D eigenvalue weighted by Crippen LogP contribution is 2.19. The van der Waals surface area contributed by atoms with Gasteiger partial charge in [0.1, 0.15) is 5.82 Å². The summed E-state index contributed by atoms with van der Waals surface area (Å²) in [6.45, 7) is 5.55. The van der Waals surface area contributed by atoms with E-state index in [1.54, 1.807) is 32.9 Å². The van der Waals surface area contributed by atoms with Crippen LogP contribution in [-0.2, 0) is 9.53 Å². The van der Waals surface area contributed by atoms with Crippen molar-refractivity contribution in [2.24, 2.45) is 0 Å². The van der Waals surface area contributed by atoms with Crippen LogP contribution in [0.25, 0.3) is 5.57 Å².